The molecule has 0 spiro atoms. The van der Waals surface area contributed by atoms with Gasteiger partial charge in [-0.3, -0.25) is 24.3 Å². The fourth-order valence-electron chi connectivity index (χ4n) is 4.08. The molecule has 0 saturated carbocycles. The van der Waals surface area contributed by atoms with Crippen molar-refractivity contribution in [3.05, 3.63) is 96.3 Å². The van der Waals surface area contributed by atoms with Crippen LogP contribution in [0.2, 0.25) is 0 Å². The van der Waals surface area contributed by atoms with E-state index in [-0.39, 0.29) is 18.4 Å². The van der Waals surface area contributed by atoms with Gasteiger partial charge < -0.3 is 0 Å². The van der Waals surface area contributed by atoms with Crippen molar-refractivity contribution in [3.8, 4) is 0 Å². The maximum atomic E-state index is 13.3. The quantitative estimate of drug-likeness (QED) is 0.646. The highest BCUT2D eigenvalue weighted by Crippen LogP contribution is 2.46. The molecule has 0 unspecified atom stereocenters. The lowest BCUT2D eigenvalue weighted by Gasteiger charge is -2.28. The number of pyridine rings is 1. The van der Waals surface area contributed by atoms with Crippen LogP contribution in [0.1, 0.15) is 17.2 Å². The summed E-state index contributed by atoms with van der Waals surface area (Å²) in [6.07, 6.45) is 2.58. The Labute approximate surface area is 168 Å². The van der Waals surface area contributed by atoms with Crippen molar-refractivity contribution in [2.24, 2.45) is 5.92 Å². The fourth-order valence-corrected chi connectivity index (χ4v) is 4.08. The summed E-state index contributed by atoms with van der Waals surface area (Å²) in [5, 5.41) is 1.68. The van der Waals surface area contributed by atoms with Gasteiger partial charge in [-0.2, -0.15) is 0 Å². The Morgan fingerprint density at radius 2 is 1.59 bits per heavy atom. The van der Waals surface area contributed by atoms with Crippen molar-refractivity contribution in [3.63, 3.8) is 0 Å². The molecule has 2 saturated heterocycles. The number of para-hydroxylation sites is 1. The number of hydrogen-bond acceptors (Lipinski definition) is 5. The zero-order valence-electron chi connectivity index (χ0n) is 15.6. The Hall–Kier alpha value is -3.51. The van der Waals surface area contributed by atoms with Crippen molar-refractivity contribution < 1.29 is 14.4 Å². The van der Waals surface area contributed by atoms with E-state index in [2.05, 4.69) is 4.98 Å². The first-order valence-electron chi connectivity index (χ1n) is 9.54. The van der Waals surface area contributed by atoms with Crippen LogP contribution in [0.5, 0.6) is 0 Å². The summed E-state index contributed by atoms with van der Waals surface area (Å²) in [7, 11) is 0. The van der Waals surface area contributed by atoms with Gasteiger partial charge in [0.2, 0.25) is 5.91 Å². The molecule has 6 heteroatoms. The van der Waals surface area contributed by atoms with E-state index in [1.54, 1.807) is 17.5 Å². The number of hydroxylamine groups is 1. The summed E-state index contributed by atoms with van der Waals surface area (Å²) in [6.45, 7) is 0.250. The molecule has 2 aliphatic rings. The van der Waals surface area contributed by atoms with Crippen molar-refractivity contribution >= 4 is 17.5 Å². The van der Waals surface area contributed by atoms with Crippen LogP contribution in [0.4, 0.5) is 5.69 Å². The van der Waals surface area contributed by atoms with Gasteiger partial charge in [0.05, 0.1) is 18.3 Å². The molecule has 2 aromatic carbocycles. The number of hydrogen-bond donors (Lipinski definition) is 0. The maximum absolute atomic E-state index is 13.3. The second-order valence-electron chi connectivity index (χ2n) is 7.19. The van der Waals surface area contributed by atoms with E-state index < -0.39 is 18.1 Å². The van der Waals surface area contributed by atoms with Crippen LogP contribution in [-0.2, 0) is 21.0 Å². The number of aromatic nitrogens is 1. The van der Waals surface area contributed by atoms with Gasteiger partial charge in [0.15, 0.2) is 6.10 Å². The number of fused-ring (bicyclic) bond motifs is 1. The van der Waals surface area contributed by atoms with Gasteiger partial charge >= 0.3 is 0 Å². The monoisotopic (exact) mass is 385 g/mol. The molecule has 6 nitrogen and oxygen atoms in total. The number of benzene rings is 2. The van der Waals surface area contributed by atoms with Crippen molar-refractivity contribution in [1.82, 2.24) is 9.88 Å². The smallest absolute Gasteiger partial charge is 0.262 e. The van der Waals surface area contributed by atoms with Gasteiger partial charge in [-0.15, -0.1) is 0 Å². The average molecular weight is 385 g/mol. The molecular formula is C23H19N3O3. The summed E-state index contributed by atoms with van der Waals surface area (Å²) < 4.78 is 0. The van der Waals surface area contributed by atoms with Crippen LogP contribution in [-0.4, -0.2) is 27.8 Å². The Morgan fingerprint density at radius 1 is 0.862 bits per heavy atom. The molecule has 144 valence electrons. The summed E-state index contributed by atoms with van der Waals surface area (Å²) in [4.78, 5) is 38.0. The van der Waals surface area contributed by atoms with E-state index in [9.17, 15) is 9.59 Å². The third-order valence-electron chi connectivity index (χ3n) is 5.43. The third-order valence-corrected chi connectivity index (χ3v) is 5.43. The number of imide groups is 1. The molecule has 0 bridgehead atoms. The summed E-state index contributed by atoms with van der Waals surface area (Å²) >= 11 is 0. The van der Waals surface area contributed by atoms with Crippen LogP contribution < -0.4 is 5.06 Å². The predicted molar refractivity (Wildman–Crippen MR) is 106 cm³/mol. The predicted octanol–water partition coefficient (Wildman–Crippen LogP) is 3.13. The molecule has 29 heavy (non-hydrogen) atoms. The number of rotatable bonds is 4. The summed E-state index contributed by atoms with van der Waals surface area (Å²) in [6, 6.07) is 22.4. The highest BCUT2D eigenvalue weighted by atomic mass is 16.7. The van der Waals surface area contributed by atoms with E-state index in [1.807, 2.05) is 72.8 Å². The van der Waals surface area contributed by atoms with Crippen LogP contribution in [0.25, 0.3) is 0 Å². The molecule has 2 aliphatic heterocycles. The lowest BCUT2D eigenvalue weighted by atomic mass is 9.91. The molecule has 3 heterocycles. The van der Waals surface area contributed by atoms with Gasteiger partial charge in [0.1, 0.15) is 5.92 Å². The van der Waals surface area contributed by atoms with E-state index in [1.165, 1.54) is 4.90 Å². The molecular weight excluding hydrogens is 366 g/mol. The minimum atomic E-state index is -0.836. The van der Waals surface area contributed by atoms with Crippen LogP contribution in [0.3, 0.4) is 0 Å². The molecule has 3 aromatic rings. The number of nitrogens with zero attached hydrogens (tertiary/aromatic N) is 3. The first-order chi connectivity index (χ1) is 14.2. The van der Waals surface area contributed by atoms with Gasteiger partial charge in [-0.1, -0.05) is 54.6 Å². The van der Waals surface area contributed by atoms with Gasteiger partial charge in [-0.25, -0.2) is 5.06 Å². The number of carbonyl (C=O) groups excluding carboxylic acids is 2. The maximum Gasteiger partial charge on any atom is 0.262 e. The minimum Gasteiger partial charge on any atom is -0.275 e. The lowest BCUT2D eigenvalue weighted by molar-refractivity contribution is -0.143. The Bertz CT molecular complexity index is 1030. The SMILES string of the molecule is O=C1[C@@H]2[C@@H](c3cccnc3)N(c3ccccc3)O[C@H]2C(=O)N1Cc1ccccc1. The number of amides is 2. The second kappa shape index (κ2) is 7.14. The van der Waals surface area contributed by atoms with E-state index in [4.69, 9.17) is 4.84 Å². The zero-order valence-corrected chi connectivity index (χ0v) is 15.6. The summed E-state index contributed by atoms with van der Waals surface area (Å²) in [5.74, 6) is -1.12. The fraction of sp³-hybridized carbons (Fsp3) is 0.174. The molecule has 3 atom stereocenters. The lowest BCUT2D eigenvalue weighted by Crippen LogP contribution is -2.36. The van der Waals surface area contributed by atoms with Crippen molar-refractivity contribution in [2.45, 2.75) is 18.7 Å². The first-order valence-corrected chi connectivity index (χ1v) is 9.54. The van der Waals surface area contributed by atoms with Crippen LogP contribution >= 0.6 is 0 Å². The highest BCUT2D eigenvalue weighted by Gasteiger charge is 2.59. The molecule has 0 aliphatic carbocycles. The Balaban J connectivity index is 1.52. The zero-order chi connectivity index (χ0) is 19.8. The summed E-state index contributed by atoms with van der Waals surface area (Å²) in [5.41, 5.74) is 2.55. The highest BCUT2D eigenvalue weighted by molar-refractivity contribution is 6.07. The Morgan fingerprint density at radius 3 is 2.28 bits per heavy atom. The van der Waals surface area contributed by atoms with Gasteiger partial charge in [0, 0.05) is 12.4 Å². The number of likely N-dealkylation sites (tertiary alicyclic amines) is 1. The van der Waals surface area contributed by atoms with Crippen molar-refractivity contribution in [2.75, 3.05) is 5.06 Å². The molecule has 2 amide bonds. The largest absolute Gasteiger partial charge is 0.275 e. The molecule has 2 fully saturated rings. The first kappa shape index (κ1) is 17.6. The van der Waals surface area contributed by atoms with E-state index in [0.29, 0.717) is 0 Å². The minimum absolute atomic E-state index is 0.212. The molecule has 1 aromatic heterocycles. The van der Waals surface area contributed by atoms with E-state index in [0.717, 1.165) is 16.8 Å². The molecule has 5 rings (SSSR count). The molecule has 0 N–H and O–H groups in total. The topological polar surface area (TPSA) is 62.7 Å². The number of anilines is 1. The van der Waals surface area contributed by atoms with E-state index >= 15 is 0 Å². The van der Waals surface area contributed by atoms with Crippen LogP contribution in [0.15, 0.2) is 85.2 Å². The van der Waals surface area contributed by atoms with Crippen LogP contribution in [0, 0.1) is 5.92 Å². The third kappa shape index (κ3) is 2.98. The second-order valence-corrected chi connectivity index (χ2v) is 7.19. The van der Waals surface area contributed by atoms with Gasteiger partial charge in [-0.05, 0) is 29.3 Å². The van der Waals surface area contributed by atoms with Gasteiger partial charge in [0.25, 0.3) is 5.91 Å². The standard InChI is InChI=1S/C23H19N3O3/c27-22-19-20(17-10-7-13-24-14-17)26(18-11-5-2-6-12-18)29-21(19)23(28)25(22)15-16-8-3-1-4-9-16/h1-14,19-21H,15H2/t19-,20-,21-/m1/s1. The molecule has 0 radical (unpaired) electrons. The Kier molecular flexibility index (Phi) is 4.33. The normalized spacial score (nSPS) is 23.5. The average Bonchev–Trinajstić information content (AvgIpc) is 3.28. The van der Waals surface area contributed by atoms with Crippen molar-refractivity contribution in [1.29, 1.82) is 0 Å². The number of carbonyl (C=O) groups is 2.